The molecule has 3 N–H and O–H groups in total. The Bertz CT molecular complexity index is 90.4. The Labute approximate surface area is 54.5 Å². The van der Waals surface area contributed by atoms with E-state index in [1.807, 2.05) is 0 Å². The standard InChI is InChI=1S/C5H11NOS/c6-4-1-5(7,2-4)3-8/h4,7-8H,1-3,6H2/t4-,5-. The van der Waals surface area contributed by atoms with E-state index in [9.17, 15) is 5.11 Å². The van der Waals surface area contributed by atoms with Crippen LogP contribution in [0, 0.1) is 0 Å². The molecule has 0 aromatic rings. The zero-order valence-electron chi connectivity index (χ0n) is 4.67. The van der Waals surface area contributed by atoms with Gasteiger partial charge in [0.05, 0.1) is 5.60 Å². The van der Waals surface area contributed by atoms with Crippen molar-refractivity contribution in [3.05, 3.63) is 0 Å². The van der Waals surface area contributed by atoms with Crippen LogP contribution in [0.3, 0.4) is 0 Å². The first-order chi connectivity index (χ1) is 3.66. The Hall–Kier alpha value is 0.270. The maximum absolute atomic E-state index is 9.23. The van der Waals surface area contributed by atoms with Crippen LogP contribution in [0.25, 0.3) is 0 Å². The largest absolute Gasteiger partial charge is 0.389 e. The van der Waals surface area contributed by atoms with Gasteiger partial charge in [-0.05, 0) is 12.8 Å². The summed E-state index contributed by atoms with van der Waals surface area (Å²) in [5, 5.41) is 9.23. The molecule has 1 aliphatic carbocycles. The van der Waals surface area contributed by atoms with Gasteiger partial charge in [0.25, 0.3) is 0 Å². The molecule has 0 saturated heterocycles. The monoisotopic (exact) mass is 133 g/mol. The zero-order chi connectivity index (χ0) is 6.20. The molecule has 8 heavy (non-hydrogen) atoms. The molecule has 0 atom stereocenters. The second-order valence-electron chi connectivity index (χ2n) is 2.55. The van der Waals surface area contributed by atoms with Crippen LogP contribution in [0.2, 0.25) is 0 Å². The summed E-state index contributed by atoms with van der Waals surface area (Å²) >= 11 is 3.97. The van der Waals surface area contributed by atoms with Gasteiger partial charge < -0.3 is 10.8 Å². The quantitative estimate of drug-likeness (QED) is 0.433. The summed E-state index contributed by atoms with van der Waals surface area (Å²) in [5.41, 5.74) is 4.91. The lowest BCUT2D eigenvalue weighted by Gasteiger charge is -2.40. The molecular formula is C5H11NOS. The molecule has 48 valence electrons. The summed E-state index contributed by atoms with van der Waals surface area (Å²) in [7, 11) is 0. The van der Waals surface area contributed by atoms with Gasteiger partial charge in [-0.25, -0.2) is 0 Å². The Morgan fingerprint density at radius 1 is 1.75 bits per heavy atom. The van der Waals surface area contributed by atoms with E-state index < -0.39 is 5.60 Å². The Morgan fingerprint density at radius 2 is 2.25 bits per heavy atom. The predicted molar refractivity (Wildman–Crippen MR) is 36.0 cm³/mol. The number of rotatable bonds is 1. The summed E-state index contributed by atoms with van der Waals surface area (Å²) in [6.45, 7) is 0. The molecule has 0 aromatic heterocycles. The lowest BCUT2D eigenvalue weighted by atomic mass is 9.78. The van der Waals surface area contributed by atoms with Gasteiger partial charge in [0.15, 0.2) is 0 Å². The van der Waals surface area contributed by atoms with Crippen molar-refractivity contribution in [2.45, 2.75) is 24.5 Å². The Balaban J connectivity index is 2.30. The minimum Gasteiger partial charge on any atom is -0.389 e. The summed E-state index contributed by atoms with van der Waals surface area (Å²) in [6, 6.07) is 0.215. The van der Waals surface area contributed by atoms with E-state index in [2.05, 4.69) is 12.6 Å². The molecule has 0 aliphatic heterocycles. The third kappa shape index (κ3) is 0.989. The third-order valence-corrected chi connectivity index (χ3v) is 2.17. The first kappa shape index (κ1) is 6.39. The van der Waals surface area contributed by atoms with Crippen molar-refractivity contribution in [1.82, 2.24) is 0 Å². The van der Waals surface area contributed by atoms with E-state index in [-0.39, 0.29) is 6.04 Å². The van der Waals surface area contributed by atoms with Crippen molar-refractivity contribution in [2.24, 2.45) is 5.73 Å². The molecule has 0 bridgehead atoms. The maximum atomic E-state index is 9.23. The van der Waals surface area contributed by atoms with Crippen LogP contribution in [-0.4, -0.2) is 22.5 Å². The molecule has 0 amide bonds. The SMILES string of the molecule is N[C@H]1C[C@@](O)(CS)C1. The van der Waals surface area contributed by atoms with E-state index in [1.165, 1.54) is 0 Å². The Morgan fingerprint density at radius 3 is 2.38 bits per heavy atom. The van der Waals surface area contributed by atoms with Crippen LogP contribution in [0.5, 0.6) is 0 Å². The van der Waals surface area contributed by atoms with Crippen LogP contribution in [0.4, 0.5) is 0 Å². The highest BCUT2D eigenvalue weighted by molar-refractivity contribution is 7.80. The summed E-state index contributed by atoms with van der Waals surface area (Å²) in [6.07, 6.45) is 1.44. The molecule has 0 radical (unpaired) electrons. The molecule has 0 unspecified atom stereocenters. The zero-order valence-corrected chi connectivity index (χ0v) is 5.56. The molecule has 0 spiro atoms. The highest BCUT2D eigenvalue weighted by Gasteiger charge is 2.39. The number of hydrogen-bond acceptors (Lipinski definition) is 3. The fourth-order valence-electron chi connectivity index (χ4n) is 1.05. The number of aliphatic hydroxyl groups is 1. The van der Waals surface area contributed by atoms with Gasteiger partial charge >= 0.3 is 0 Å². The van der Waals surface area contributed by atoms with Gasteiger partial charge in [-0.1, -0.05) is 0 Å². The van der Waals surface area contributed by atoms with Crippen LogP contribution in [0.15, 0.2) is 0 Å². The minimum atomic E-state index is -0.525. The summed E-state index contributed by atoms with van der Waals surface area (Å²) < 4.78 is 0. The van der Waals surface area contributed by atoms with Crippen LogP contribution >= 0.6 is 12.6 Å². The fraction of sp³-hybridized carbons (Fsp3) is 1.00. The van der Waals surface area contributed by atoms with Gasteiger partial charge in [-0.2, -0.15) is 12.6 Å². The molecule has 1 saturated carbocycles. The second kappa shape index (κ2) is 1.90. The van der Waals surface area contributed by atoms with Crippen molar-refractivity contribution in [3.8, 4) is 0 Å². The number of hydrogen-bond donors (Lipinski definition) is 3. The number of nitrogens with two attached hydrogens (primary N) is 1. The molecule has 1 aliphatic rings. The Kier molecular flexibility index (Phi) is 1.52. The van der Waals surface area contributed by atoms with E-state index in [0.717, 1.165) is 12.8 Å². The molecule has 0 aromatic carbocycles. The highest BCUT2D eigenvalue weighted by atomic mass is 32.1. The third-order valence-electron chi connectivity index (χ3n) is 1.58. The summed E-state index contributed by atoms with van der Waals surface area (Å²) in [4.78, 5) is 0. The lowest BCUT2D eigenvalue weighted by molar-refractivity contribution is -0.0237. The van der Waals surface area contributed by atoms with Crippen LogP contribution in [0.1, 0.15) is 12.8 Å². The number of thiol groups is 1. The molecule has 2 nitrogen and oxygen atoms in total. The van der Waals surface area contributed by atoms with Crippen molar-refractivity contribution >= 4 is 12.6 Å². The van der Waals surface area contributed by atoms with Crippen molar-refractivity contribution in [1.29, 1.82) is 0 Å². The van der Waals surface area contributed by atoms with E-state index in [0.29, 0.717) is 5.75 Å². The van der Waals surface area contributed by atoms with Gasteiger partial charge in [-0.15, -0.1) is 0 Å². The summed E-state index contributed by atoms with van der Waals surface area (Å²) in [5.74, 6) is 0.542. The van der Waals surface area contributed by atoms with Crippen molar-refractivity contribution in [3.63, 3.8) is 0 Å². The highest BCUT2D eigenvalue weighted by Crippen LogP contribution is 2.31. The molecular weight excluding hydrogens is 122 g/mol. The first-order valence-corrected chi connectivity index (χ1v) is 3.38. The minimum absolute atomic E-state index is 0.215. The van der Waals surface area contributed by atoms with Crippen LogP contribution < -0.4 is 5.73 Å². The van der Waals surface area contributed by atoms with Gasteiger partial charge in [-0.3, -0.25) is 0 Å². The van der Waals surface area contributed by atoms with Gasteiger partial charge in [0.2, 0.25) is 0 Å². The molecule has 1 rings (SSSR count). The topological polar surface area (TPSA) is 46.2 Å². The smallest absolute Gasteiger partial charge is 0.0764 e. The normalized spacial score (nSPS) is 46.1. The maximum Gasteiger partial charge on any atom is 0.0764 e. The first-order valence-electron chi connectivity index (χ1n) is 2.75. The molecule has 0 heterocycles. The van der Waals surface area contributed by atoms with Crippen molar-refractivity contribution < 1.29 is 5.11 Å². The van der Waals surface area contributed by atoms with E-state index >= 15 is 0 Å². The van der Waals surface area contributed by atoms with E-state index in [1.54, 1.807) is 0 Å². The lowest BCUT2D eigenvalue weighted by Crippen LogP contribution is -2.52. The fourth-order valence-corrected chi connectivity index (χ4v) is 1.30. The van der Waals surface area contributed by atoms with Crippen LogP contribution in [-0.2, 0) is 0 Å². The molecule has 3 heteroatoms. The van der Waals surface area contributed by atoms with Gasteiger partial charge in [0.1, 0.15) is 0 Å². The van der Waals surface area contributed by atoms with E-state index in [4.69, 9.17) is 5.73 Å². The van der Waals surface area contributed by atoms with Crippen molar-refractivity contribution in [2.75, 3.05) is 5.75 Å². The average Bonchev–Trinajstić information content (AvgIpc) is 1.63. The van der Waals surface area contributed by atoms with Gasteiger partial charge in [0, 0.05) is 11.8 Å². The second-order valence-corrected chi connectivity index (χ2v) is 2.87. The molecule has 1 fully saturated rings. The predicted octanol–water partition coefficient (Wildman–Crippen LogP) is -0.232. The average molecular weight is 133 g/mol.